The zero-order valence-corrected chi connectivity index (χ0v) is 24.4. The molecule has 1 unspecified atom stereocenters. The van der Waals surface area contributed by atoms with Gasteiger partial charge in [-0.05, 0) is 87.0 Å². The summed E-state index contributed by atoms with van der Waals surface area (Å²) in [6.45, 7) is 1.69. The highest BCUT2D eigenvalue weighted by molar-refractivity contribution is 9.10. The smallest absolute Gasteiger partial charge is 0.214 e. The molecule has 38 heavy (non-hydrogen) atoms. The number of rotatable bonds is 7. The van der Waals surface area contributed by atoms with Crippen LogP contribution in [0.15, 0.2) is 46.9 Å². The third kappa shape index (κ3) is 4.61. The topological polar surface area (TPSA) is 58.3 Å². The molecule has 200 valence electrons. The number of fused-ring (bicyclic) bond motifs is 4. The van der Waals surface area contributed by atoms with Crippen molar-refractivity contribution in [3.05, 3.63) is 74.2 Å². The van der Waals surface area contributed by atoms with Gasteiger partial charge in [-0.1, -0.05) is 47.3 Å². The second-order valence-corrected chi connectivity index (χ2v) is 12.2. The fourth-order valence-corrected chi connectivity index (χ4v) is 7.07. The maximum absolute atomic E-state index is 11.6. The molecule has 2 aromatic heterocycles. The molecule has 2 aliphatic rings. The summed E-state index contributed by atoms with van der Waals surface area (Å²) < 4.78 is 12.0. The van der Waals surface area contributed by atoms with Crippen molar-refractivity contribution in [2.45, 2.75) is 57.0 Å². The lowest BCUT2D eigenvalue weighted by Crippen LogP contribution is -2.22. The normalized spacial score (nSPS) is 17.6. The maximum Gasteiger partial charge on any atom is 0.214 e. The van der Waals surface area contributed by atoms with E-state index >= 15 is 0 Å². The van der Waals surface area contributed by atoms with Crippen molar-refractivity contribution in [2.24, 2.45) is 0 Å². The van der Waals surface area contributed by atoms with Gasteiger partial charge in [0.05, 0.1) is 12.3 Å². The Morgan fingerprint density at radius 1 is 1.08 bits per heavy atom. The van der Waals surface area contributed by atoms with Gasteiger partial charge in [-0.2, -0.15) is 0 Å². The summed E-state index contributed by atoms with van der Waals surface area (Å²) in [6.07, 6.45) is 7.39. The Balaban J connectivity index is 1.43. The van der Waals surface area contributed by atoms with Gasteiger partial charge in [-0.3, -0.25) is 4.57 Å². The maximum atomic E-state index is 11.6. The summed E-state index contributed by atoms with van der Waals surface area (Å²) in [7, 11) is 4.16. The van der Waals surface area contributed by atoms with Crippen molar-refractivity contribution in [2.75, 3.05) is 27.2 Å². The van der Waals surface area contributed by atoms with Gasteiger partial charge in [0.15, 0.2) is 4.77 Å². The second kappa shape index (κ2) is 10.5. The van der Waals surface area contributed by atoms with E-state index in [9.17, 15) is 5.11 Å². The molecule has 0 spiro atoms. The monoisotopic (exact) mass is 594 g/mol. The fraction of sp³-hybridized carbons (Fsp3) is 0.433. The van der Waals surface area contributed by atoms with E-state index in [0.717, 1.165) is 58.5 Å². The van der Waals surface area contributed by atoms with Gasteiger partial charge >= 0.3 is 0 Å². The van der Waals surface area contributed by atoms with Gasteiger partial charge < -0.3 is 24.3 Å². The number of aromatic nitrogens is 3. The average Bonchev–Trinajstić information content (AvgIpc) is 3.40. The molecule has 1 atom stereocenters. The number of H-pyrrole nitrogens is 1. The quantitative estimate of drug-likeness (QED) is 0.153. The van der Waals surface area contributed by atoms with E-state index in [1.165, 1.54) is 30.2 Å². The first-order valence-electron chi connectivity index (χ1n) is 13.6. The molecule has 4 aromatic rings. The Hall–Kier alpha value is -2.55. The number of imidazole rings is 1. The lowest BCUT2D eigenvalue weighted by Gasteiger charge is -2.27. The number of hydrogen-bond acceptors (Lipinski definition) is 4. The van der Waals surface area contributed by atoms with Gasteiger partial charge in [-0.25, -0.2) is 0 Å². The molecule has 0 saturated heterocycles. The zero-order valence-electron chi connectivity index (χ0n) is 22.0. The summed E-state index contributed by atoms with van der Waals surface area (Å²) in [6, 6.07) is 14.9. The van der Waals surface area contributed by atoms with Crippen LogP contribution in [0.1, 0.15) is 73.1 Å². The van der Waals surface area contributed by atoms with Crippen LogP contribution in [0.5, 0.6) is 11.6 Å². The van der Waals surface area contributed by atoms with Gasteiger partial charge in [0.25, 0.3) is 0 Å². The molecule has 2 N–H and O–H groups in total. The van der Waals surface area contributed by atoms with E-state index in [2.05, 4.69) is 86.9 Å². The van der Waals surface area contributed by atoms with Crippen LogP contribution in [-0.2, 0) is 6.42 Å². The third-order valence-corrected chi connectivity index (χ3v) is 9.01. The lowest BCUT2D eigenvalue weighted by molar-refractivity contribution is 0.281. The first-order valence-corrected chi connectivity index (χ1v) is 14.8. The van der Waals surface area contributed by atoms with E-state index in [4.69, 9.17) is 17.0 Å². The van der Waals surface area contributed by atoms with E-state index in [1.807, 2.05) is 4.57 Å². The molecular weight excluding hydrogens is 560 g/mol. The number of nitrogens with one attached hydrogen (secondary N) is 1. The highest BCUT2D eigenvalue weighted by Crippen LogP contribution is 2.45. The van der Waals surface area contributed by atoms with Gasteiger partial charge in [0.1, 0.15) is 11.8 Å². The van der Waals surface area contributed by atoms with Crippen LogP contribution in [0, 0.1) is 4.77 Å². The average molecular weight is 596 g/mol. The van der Waals surface area contributed by atoms with Gasteiger partial charge in [-0.15, -0.1) is 0 Å². The Morgan fingerprint density at radius 2 is 1.84 bits per heavy atom. The number of halogens is 1. The van der Waals surface area contributed by atoms with Gasteiger partial charge in [0.2, 0.25) is 5.88 Å². The van der Waals surface area contributed by atoms with Gasteiger partial charge in [0, 0.05) is 40.1 Å². The van der Waals surface area contributed by atoms with E-state index < -0.39 is 0 Å². The molecule has 6 nitrogen and oxygen atoms in total. The van der Waals surface area contributed by atoms with Crippen molar-refractivity contribution >= 4 is 39.1 Å². The Labute approximate surface area is 237 Å². The number of aromatic amines is 1. The van der Waals surface area contributed by atoms with Crippen molar-refractivity contribution in [1.29, 1.82) is 0 Å². The van der Waals surface area contributed by atoms with Crippen LogP contribution < -0.4 is 4.74 Å². The molecule has 1 saturated carbocycles. The molecule has 3 heterocycles. The summed E-state index contributed by atoms with van der Waals surface area (Å²) >= 11 is 9.78. The summed E-state index contributed by atoms with van der Waals surface area (Å²) in [5.41, 5.74) is 5.49. The number of hydrogen-bond donors (Lipinski definition) is 2. The Morgan fingerprint density at radius 3 is 2.58 bits per heavy atom. The minimum Gasteiger partial charge on any atom is -0.494 e. The standard InChI is InChI=1S/C30H35BrN4O2S/c1-33(2)15-6-16-37-22-12-9-19(10-13-22)28-27-24(23-17-20(31)11-14-25(23)32-27)18-26-29(36)34(30(38)35(26)28)21-7-4-3-5-8-21/h9-14,17,21,28,32,36H,3-8,15-16,18H2,1-2H3. The second-order valence-electron chi connectivity index (χ2n) is 10.9. The van der Waals surface area contributed by atoms with Crippen molar-refractivity contribution in [1.82, 2.24) is 19.0 Å². The molecule has 0 radical (unpaired) electrons. The van der Waals surface area contributed by atoms with Crippen LogP contribution in [0.4, 0.5) is 0 Å². The SMILES string of the molecule is CN(C)CCCOc1ccc(C2c3[nH]c4ccc(Br)cc4c3Cc3c(O)n(C4CCCCC4)c(=S)n32)cc1. The molecule has 8 heteroatoms. The first-order chi connectivity index (χ1) is 18.4. The predicted octanol–water partition coefficient (Wildman–Crippen LogP) is 7.35. The van der Waals surface area contributed by atoms with Crippen LogP contribution in [0.25, 0.3) is 10.9 Å². The Bertz CT molecular complexity index is 1510. The van der Waals surface area contributed by atoms with Crippen LogP contribution >= 0.6 is 28.1 Å². The zero-order chi connectivity index (χ0) is 26.4. The van der Waals surface area contributed by atoms with E-state index in [1.54, 1.807) is 0 Å². The summed E-state index contributed by atoms with van der Waals surface area (Å²) in [5, 5.41) is 12.8. The third-order valence-electron chi connectivity index (χ3n) is 8.12. The largest absolute Gasteiger partial charge is 0.494 e. The number of ether oxygens (including phenoxy) is 1. The van der Waals surface area contributed by atoms with Crippen molar-refractivity contribution < 1.29 is 9.84 Å². The highest BCUT2D eigenvalue weighted by atomic mass is 79.9. The van der Waals surface area contributed by atoms with Crippen molar-refractivity contribution in [3.8, 4) is 11.6 Å². The molecule has 0 amide bonds. The summed E-state index contributed by atoms with van der Waals surface area (Å²) in [5.74, 6) is 1.21. The molecular formula is C30H35BrN4O2S. The number of benzene rings is 2. The minimum atomic E-state index is -0.147. The van der Waals surface area contributed by atoms with Crippen LogP contribution in [0.3, 0.4) is 0 Å². The van der Waals surface area contributed by atoms with Crippen molar-refractivity contribution in [3.63, 3.8) is 0 Å². The molecule has 6 rings (SSSR count). The number of aromatic hydroxyl groups is 1. The van der Waals surface area contributed by atoms with E-state index in [0.29, 0.717) is 23.7 Å². The van der Waals surface area contributed by atoms with E-state index in [-0.39, 0.29) is 12.1 Å². The predicted molar refractivity (Wildman–Crippen MR) is 158 cm³/mol. The Kier molecular flexibility index (Phi) is 7.14. The lowest BCUT2D eigenvalue weighted by atomic mass is 9.93. The van der Waals surface area contributed by atoms with Crippen LogP contribution in [-0.4, -0.2) is 51.4 Å². The fourth-order valence-electron chi connectivity index (χ4n) is 6.26. The minimum absolute atomic E-state index is 0.147. The molecule has 0 bridgehead atoms. The highest BCUT2D eigenvalue weighted by Gasteiger charge is 2.35. The molecule has 1 fully saturated rings. The van der Waals surface area contributed by atoms with Crippen LogP contribution in [0.2, 0.25) is 0 Å². The molecule has 1 aliphatic heterocycles. The number of nitrogens with zero attached hydrogens (tertiary/aromatic N) is 3. The summed E-state index contributed by atoms with van der Waals surface area (Å²) in [4.78, 5) is 5.89. The first kappa shape index (κ1) is 25.7. The molecule has 2 aromatic carbocycles. The molecule has 1 aliphatic carbocycles.